The molecule has 0 heterocycles. The highest BCUT2D eigenvalue weighted by Crippen LogP contribution is 2.26. The van der Waals surface area contributed by atoms with Crippen LogP contribution in [0.15, 0.2) is 72.8 Å². The van der Waals surface area contributed by atoms with E-state index in [-0.39, 0.29) is 5.56 Å². The Hall–Kier alpha value is -4.33. The molecule has 8 heteroatoms. The van der Waals surface area contributed by atoms with Gasteiger partial charge in [0.05, 0.1) is 38.5 Å². The van der Waals surface area contributed by atoms with Gasteiger partial charge in [0, 0.05) is 0 Å². The predicted molar refractivity (Wildman–Crippen MR) is 124 cm³/mol. The summed E-state index contributed by atoms with van der Waals surface area (Å²) >= 11 is 0. The lowest BCUT2D eigenvalue weighted by molar-refractivity contribution is -0.124. The molecule has 0 aliphatic rings. The van der Waals surface area contributed by atoms with Gasteiger partial charge in [0.15, 0.2) is 6.61 Å². The summed E-state index contributed by atoms with van der Waals surface area (Å²) in [4.78, 5) is 36.5. The number of amides is 1. The van der Waals surface area contributed by atoms with E-state index >= 15 is 0 Å². The molecule has 8 nitrogen and oxygen atoms in total. The molecule has 0 atom stereocenters. The molecular weight excluding hydrogens is 438 g/mol. The fraction of sp³-hybridized carbons (Fsp3) is 0.192. The maximum Gasteiger partial charge on any atom is 0.338 e. The smallest absolute Gasteiger partial charge is 0.338 e. The van der Waals surface area contributed by atoms with Crippen molar-refractivity contribution in [1.29, 1.82) is 0 Å². The SMILES string of the molecule is COC(=O)c1ccc(C(=O)OCC(=O)NC(c2ccc(OC)cc2)c2ccc(OC)cc2)cc1. The van der Waals surface area contributed by atoms with Gasteiger partial charge in [0.2, 0.25) is 0 Å². The van der Waals surface area contributed by atoms with Crippen LogP contribution in [0.4, 0.5) is 0 Å². The first-order valence-electron chi connectivity index (χ1n) is 10.4. The van der Waals surface area contributed by atoms with Crippen molar-refractivity contribution >= 4 is 17.8 Å². The van der Waals surface area contributed by atoms with E-state index in [1.54, 1.807) is 38.5 Å². The fourth-order valence-corrected chi connectivity index (χ4v) is 3.23. The van der Waals surface area contributed by atoms with E-state index in [0.717, 1.165) is 11.1 Å². The van der Waals surface area contributed by atoms with Crippen LogP contribution >= 0.6 is 0 Å². The standard InChI is InChI=1S/C26H25NO7/c1-31-21-12-8-17(9-13-21)24(18-10-14-22(32-2)15-11-18)27-23(28)16-34-26(30)20-6-4-19(5-7-20)25(29)33-3/h4-15,24H,16H2,1-3H3,(H,27,28). The number of esters is 2. The average molecular weight is 463 g/mol. The summed E-state index contributed by atoms with van der Waals surface area (Å²) in [5.41, 5.74) is 2.16. The van der Waals surface area contributed by atoms with Gasteiger partial charge in [-0.1, -0.05) is 24.3 Å². The third-order valence-corrected chi connectivity index (χ3v) is 5.08. The molecule has 0 aromatic heterocycles. The number of nitrogens with one attached hydrogen (secondary N) is 1. The van der Waals surface area contributed by atoms with Crippen LogP contribution in [-0.4, -0.2) is 45.8 Å². The molecule has 0 aliphatic carbocycles. The Labute approximate surface area is 197 Å². The van der Waals surface area contributed by atoms with Crippen LogP contribution in [0.3, 0.4) is 0 Å². The van der Waals surface area contributed by atoms with Crippen molar-refractivity contribution < 1.29 is 33.3 Å². The first-order chi connectivity index (χ1) is 16.4. The van der Waals surface area contributed by atoms with Gasteiger partial charge < -0.3 is 24.3 Å². The molecule has 176 valence electrons. The minimum atomic E-state index is -0.683. The average Bonchev–Trinajstić information content (AvgIpc) is 2.90. The van der Waals surface area contributed by atoms with Crippen LogP contribution in [0.2, 0.25) is 0 Å². The third-order valence-electron chi connectivity index (χ3n) is 5.08. The fourth-order valence-electron chi connectivity index (χ4n) is 3.23. The van der Waals surface area contributed by atoms with Gasteiger partial charge in [-0.15, -0.1) is 0 Å². The Morgan fingerprint density at radius 1 is 0.676 bits per heavy atom. The summed E-state index contributed by atoms with van der Waals surface area (Å²) in [6.45, 7) is -0.472. The van der Waals surface area contributed by atoms with Crippen molar-refractivity contribution in [3.63, 3.8) is 0 Å². The Bertz CT molecular complexity index is 1080. The van der Waals surface area contributed by atoms with E-state index in [1.807, 2.05) is 24.3 Å². The zero-order chi connectivity index (χ0) is 24.5. The topological polar surface area (TPSA) is 100 Å². The lowest BCUT2D eigenvalue weighted by Crippen LogP contribution is -2.33. The van der Waals surface area contributed by atoms with E-state index in [9.17, 15) is 14.4 Å². The van der Waals surface area contributed by atoms with Crippen molar-refractivity contribution in [2.24, 2.45) is 0 Å². The molecule has 0 fully saturated rings. The maximum atomic E-state index is 12.7. The summed E-state index contributed by atoms with van der Waals surface area (Å²) < 4.78 is 20.2. The summed E-state index contributed by atoms with van der Waals surface area (Å²) in [5.74, 6) is -0.290. The monoisotopic (exact) mass is 463 g/mol. The second-order valence-corrected chi connectivity index (χ2v) is 7.19. The third kappa shape index (κ3) is 6.13. The van der Waals surface area contributed by atoms with Crippen molar-refractivity contribution in [1.82, 2.24) is 5.32 Å². The van der Waals surface area contributed by atoms with Crippen molar-refractivity contribution in [2.45, 2.75) is 6.04 Å². The molecule has 0 bridgehead atoms. The lowest BCUT2D eigenvalue weighted by atomic mass is 9.98. The number of ether oxygens (including phenoxy) is 4. The first kappa shape index (κ1) is 24.3. The van der Waals surface area contributed by atoms with Gasteiger partial charge in [-0.25, -0.2) is 9.59 Å². The van der Waals surface area contributed by atoms with Crippen LogP contribution < -0.4 is 14.8 Å². The van der Waals surface area contributed by atoms with Gasteiger partial charge in [-0.2, -0.15) is 0 Å². The maximum absolute atomic E-state index is 12.7. The quantitative estimate of drug-likeness (QED) is 0.485. The molecule has 0 saturated carbocycles. The number of methoxy groups -OCH3 is 3. The van der Waals surface area contributed by atoms with Gasteiger partial charge in [0.25, 0.3) is 5.91 Å². The van der Waals surface area contributed by atoms with Crippen molar-refractivity contribution in [3.05, 3.63) is 95.1 Å². The second-order valence-electron chi connectivity index (χ2n) is 7.19. The van der Waals surface area contributed by atoms with Crippen LogP contribution in [0.5, 0.6) is 11.5 Å². The number of rotatable bonds is 9. The first-order valence-corrected chi connectivity index (χ1v) is 10.4. The summed E-state index contributed by atoms with van der Waals surface area (Å²) in [6.07, 6.45) is 0. The molecule has 3 aromatic rings. The molecule has 3 aromatic carbocycles. The molecular formula is C26H25NO7. The van der Waals surface area contributed by atoms with Crippen LogP contribution in [0.25, 0.3) is 0 Å². The molecule has 0 aliphatic heterocycles. The summed E-state index contributed by atoms with van der Waals surface area (Å²) in [5, 5.41) is 2.90. The van der Waals surface area contributed by atoms with E-state index in [2.05, 4.69) is 10.1 Å². The Morgan fingerprint density at radius 3 is 1.53 bits per heavy atom. The van der Waals surface area contributed by atoms with Crippen LogP contribution in [-0.2, 0) is 14.3 Å². The number of hydrogen-bond acceptors (Lipinski definition) is 7. The molecule has 0 radical (unpaired) electrons. The van der Waals surface area contributed by atoms with E-state index in [4.69, 9.17) is 14.2 Å². The second kappa shape index (κ2) is 11.5. The van der Waals surface area contributed by atoms with Crippen LogP contribution in [0, 0.1) is 0 Å². The normalized spacial score (nSPS) is 10.4. The molecule has 0 saturated heterocycles. The predicted octanol–water partition coefficient (Wildman–Crippen LogP) is 3.55. The van der Waals surface area contributed by atoms with Crippen LogP contribution in [0.1, 0.15) is 37.9 Å². The zero-order valence-corrected chi connectivity index (χ0v) is 19.1. The Morgan fingerprint density at radius 2 is 1.12 bits per heavy atom. The van der Waals surface area contributed by atoms with Crippen molar-refractivity contribution in [3.8, 4) is 11.5 Å². The Balaban J connectivity index is 1.69. The van der Waals surface area contributed by atoms with Gasteiger partial charge >= 0.3 is 11.9 Å². The minimum Gasteiger partial charge on any atom is -0.497 e. The summed E-state index contributed by atoms with van der Waals surface area (Å²) in [6, 6.07) is 19.9. The van der Waals surface area contributed by atoms with Gasteiger partial charge in [-0.3, -0.25) is 4.79 Å². The lowest BCUT2D eigenvalue weighted by Gasteiger charge is -2.20. The van der Waals surface area contributed by atoms with Crippen molar-refractivity contribution in [2.75, 3.05) is 27.9 Å². The number of carbonyl (C=O) groups excluding carboxylic acids is 3. The van der Waals surface area contributed by atoms with E-state index in [1.165, 1.54) is 31.4 Å². The molecule has 0 unspecified atom stereocenters. The highest BCUT2D eigenvalue weighted by molar-refractivity contribution is 5.94. The van der Waals surface area contributed by atoms with Gasteiger partial charge in [-0.05, 0) is 59.7 Å². The summed E-state index contributed by atoms with van der Waals surface area (Å²) in [7, 11) is 4.43. The molecule has 1 amide bonds. The zero-order valence-electron chi connectivity index (χ0n) is 19.1. The number of benzene rings is 3. The van der Waals surface area contributed by atoms with Gasteiger partial charge in [0.1, 0.15) is 11.5 Å². The molecule has 0 spiro atoms. The highest BCUT2D eigenvalue weighted by Gasteiger charge is 2.19. The number of hydrogen-bond donors (Lipinski definition) is 1. The largest absolute Gasteiger partial charge is 0.497 e. The minimum absolute atomic E-state index is 0.210. The molecule has 3 rings (SSSR count). The molecule has 1 N–H and O–H groups in total. The van der Waals surface area contributed by atoms with E-state index in [0.29, 0.717) is 17.1 Å². The molecule has 34 heavy (non-hydrogen) atoms. The Kier molecular flexibility index (Phi) is 8.23. The highest BCUT2D eigenvalue weighted by atomic mass is 16.5. The number of carbonyl (C=O) groups is 3. The van der Waals surface area contributed by atoms with E-state index < -0.39 is 30.5 Å².